The predicted molar refractivity (Wildman–Crippen MR) is 69.6 cm³/mol. The fraction of sp³-hybridized carbons (Fsp3) is 0.429. The van der Waals surface area contributed by atoms with Crippen molar-refractivity contribution in [3.63, 3.8) is 0 Å². The van der Waals surface area contributed by atoms with Crippen LogP contribution < -0.4 is 0 Å². The third-order valence-corrected chi connectivity index (χ3v) is 3.53. The summed E-state index contributed by atoms with van der Waals surface area (Å²) in [7, 11) is 0. The molecule has 19 heavy (non-hydrogen) atoms. The lowest BCUT2D eigenvalue weighted by Crippen LogP contribution is -2.16. The Morgan fingerprint density at radius 2 is 1.79 bits per heavy atom. The summed E-state index contributed by atoms with van der Waals surface area (Å²) >= 11 is 0. The summed E-state index contributed by atoms with van der Waals surface area (Å²) in [6.45, 7) is 8.17. The molecule has 0 aliphatic heterocycles. The quantitative estimate of drug-likeness (QED) is 0.894. The van der Waals surface area contributed by atoms with Crippen LogP contribution >= 0.6 is 0 Å². The van der Waals surface area contributed by atoms with E-state index in [-0.39, 0.29) is 11.3 Å². The molecule has 3 nitrogen and oxygen atoms in total. The Morgan fingerprint density at radius 1 is 1.16 bits per heavy atom. The van der Waals surface area contributed by atoms with Crippen LogP contribution in [0.4, 0.5) is 8.78 Å². The van der Waals surface area contributed by atoms with Gasteiger partial charge in [-0.05, 0) is 29.0 Å². The maximum Gasteiger partial charge on any atom is 0.159 e. The Hall–Kier alpha value is -1.78. The molecule has 0 saturated heterocycles. The van der Waals surface area contributed by atoms with Crippen molar-refractivity contribution >= 4 is 0 Å². The van der Waals surface area contributed by atoms with Crippen LogP contribution in [0.1, 0.15) is 39.2 Å². The van der Waals surface area contributed by atoms with E-state index >= 15 is 0 Å². The molecule has 2 aromatic rings. The van der Waals surface area contributed by atoms with E-state index < -0.39 is 11.6 Å². The van der Waals surface area contributed by atoms with Crippen molar-refractivity contribution in [2.24, 2.45) is 5.41 Å². The molecular formula is C14H17F2N3. The monoisotopic (exact) mass is 265 g/mol. The third kappa shape index (κ3) is 2.64. The van der Waals surface area contributed by atoms with Crippen molar-refractivity contribution in [1.29, 1.82) is 0 Å². The molecule has 1 aromatic heterocycles. The number of hydrogen-bond donors (Lipinski definition) is 1. The molecule has 1 heterocycles. The maximum atomic E-state index is 13.5. The van der Waals surface area contributed by atoms with Gasteiger partial charge in [-0.15, -0.1) is 0 Å². The molecule has 0 amide bonds. The molecule has 0 aliphatic rings. The molecule has 0 radical (unpaired) electrons. The number of rotatable bonds is 2. The Kier molecular flexibility index (Phi) is 3.39. The van der Waals surface area contributed by atoms with E-state index in [4.69, 9.17) is 0 Å². The van der Waals surface area contributed by atoms with Gasteiger partial charge in [0.2, 0.25) is 0 Å². The number of H-pyrrole nitrogens is 1. The van der Waals surface area contributed by atoms with Crippen molar-refractivity contribution in [3.05, 3.63) is 35.7 Å². The van der Waals surface area contributed by atoms with E-state index in [1.54, 1.807) is 0 Å². The van der Waals surface area contributed by atoms with E-state index in [9.17, 15) is 8.78 Å². The molecule has 1 atom stereocenters. The summed E-state index contributed by atoms with van der Waals surface area (Å²) < 4.78 is 27.0. The number of benzene rings is 1. The van der Waals surface area contributed by atoms with E-state index in [0.29, 0.717) is 11.4 Å². The van der Waals surface area contributed by atoms with E-state index in [1.807, 2.05) is 6.92 Å². The maximum absolute atomic E-state index is 13.5. The number of aromatic nitrogens is 3. The van der Waals surface area contributed by atoms with Crippen LogP contribution in [0.3, 0.4) is 0 Å². The summed E-state index contributed by atoms with van der Waals surface area (Å²) in [5, 5.41) is 6.46. The molecule has 0 fully saturated rings. The normalized spacial score (nSPS) is 13.6. The largest absolute Gasteiger partial charge is 0.259 e. The zero-order chi connectivity index (χ0) is 14.2. The Bertz CT molecular complexity index is 571. The highest BCUT2D eigenvalue weighted by molar-refractivity contribution is 5.61. The SMILES string of the molecule is CC(c1cc(F)c(F)cc1-c1ncn[nH]1)C(C)(C)C. The van der Waals surface area contributed by atoms with Crippen molar-refractivity contribution in [2.45, 2.75) is 33.6 Å². The van der Waals surface area contributed by atoms with Crippen LogP contribution in [-0.4, -0.2) is 15.2 Å². The van der Waals surface area contributed by atoms with Crippen LogP contribution in [0.25, 0.3) is 11.4 Å². The molecule has 1 aromatic carbocycles. The lowest BCUT2D eigenvalue weighted by atomic mass is 9.76. The van der Waals surface area contributed by atoms with Crippen LogP contribution in [0.5, 0.6) is 0 Å². The van der Waals surface area contributed by atoms with Gasteiger partial charge in [-0.25, -0.2) is 13.8 Å². The van der Waals surface area contributed by atoms with Crippen LogP contribution in [0.15, 0.2) is 18.5 Å². The Balaban J connectivity index is 2.62. The van der Waals surface area contributed by atoms with Gasteiger partial charge in [-0.3, -0.25) is 5.10 Å². The van der Waals surface area contributed by atoms with Crippen LogP contribution in [0.2, 0.25) is 0 Å². The fourth-order valence-electron chi connectivity index (χ4n) is 1.93. The number of aromatic amines is 1. The smallest absolute Gasteiger partial charge is 0.159 e. The number of hydrogen-bond acceptors (Lipinski definition) is 2. The lowest BCUT2D eigenvalue weighted by Gasteiger charge is -2.29. The average molecular weight is 265 g/mol. The molecule has 5 heteroatoms. The number of nitrogens with zero attached hydrogens (tertiary/aromatic N) is 2. The molecule has 1 N–H and O–H groups in total. The summed E-state index contributed by atoms with van der Waals surface area (Å²) in [6, 6.07) is 2.43. The highest BCUT2D eigenvalue weighted by atomic mass is 19.2. The van der Waals surface area contributed by atoms with Gasteiger partial charge in [0.25, 0.3) is 0 Å². The molecule has 2 rings (SSSR count). The van der Waals surface area contributed by atoms with Gasteiger partial charge in [0.15, 0.2) is 17.5 Å². The van der Waals surface area contributed by atoms with Gasteiger partial charge in [0.1, 0.15) is 6.33 Å². The topological polar surface area (TPSA) is 41.6 Å². The van der Waals surface area contributed by atoms with Crippen molar-refractivity contribution < 1.29 is 8.78 Å². The summed E-state index contributed by atoms with van der Waals surface area (Å²) in [6.07, 6.45) is 1.35. The second kappa shape index (κ2) is 4.72. The number of nitrogens with one attached hydrogen (secondary N) is 1. The van der Waals surface area contributed by atoms with E-state index in [1.165, 1.54) is 18.5 Å². The first-order valence-electron chi connectivity index (χ1n) is 6.15. The van der Waals surface area contributed by atoms with Crippen molar-refractivity contribution in [3.8, 4) is 11.4 Å². The summed E-state index contributed by atoms with van der Waals surface area (Å²) in [4.78, 5) is 4.03. The molecule has 102 valence electrons. The third-order valence-electron chi connectivity index (χ3n) is 3.53. The lowest BCUT2D eigenvalue weighted by molar-refractivity contribution is 0.338. The Labute approximate surface area is 111 Å². The predicted octanol–water partition coefficient (Wildman–Crippen LogP) is 3.90. The molecule has 0 spiro atoms. The minimum atomic E-state index is -0.878. The highest BCUT2D eigenvalue weighted by Crippen LogP contribution is 2.39. The van der Waals surface area contributed by atoms with Gasteiger partial charge >= 0.3 is 0 Å². The van der Waals surface area contributed by atoms with Crippen molar-refractivity contribution in [1.82, 2.24) is 15.2 Å². The molecule has 0 bridgehead atoms. The standard InChI is InChI=1S/C14H17F2N3/c1-8(14(2,3)4)9-5-11(15)12(16)6-10(9)13-17-7-18-19-13/h5-8H,1-4H3,(H,17,18,19). The van der Waals surface area contributed by atoms with Crippen LogP contribution in [-0.2, 0) is 0 Å². The molecule has 0 aliphatic carbocycles. The Morgan fingerprint density at radius 3 is 2.32 bits per heavy atom. The van der Waals surface area contributed by atoms with Crippen molar-refractivity contribution in [2.75, 3.05) is 0 Å². The minimum absolute atomic E-state index is 0.0442. The zero-order valence-corrected chi connectivity index (χ0v) is 11.5. The van der Waals surface area contributed by atoms with E-state index in [0.717, 1.165) is 5.56 Å². The van der Waals surface area contributed by atoms with E-state index in [2.05, 4.69) is 36.0 Å². The molecule has 0 saturated carbocycles. The highest BCUT2D eigenvalue weighted by Gasteiger charge is 2.26. The van der Waals surface area contributed by atoms with Gasteiger partial charge in [-0.2, -0.15) is 5.10 Å². The first kappa shape index (κ1) is 13.6. The van der Waals surface area contributed by atoms with Gasteiger partial charge in [0.05, 0.1) is 0 Å². The minimum Gasteiger partial charge on any atom is -0.259 e. The second-order valence-electron chi connectivity index (χ2n) is 5.78. The van der Waals surface area contributed by atoms with Gasteiger partial charge in [0, 0.05) is 5.56 Å². The zero-order valence-electron chi connectivity index (χ0n) is 11.5. The summed E-state index contributed by atoms with van der Waals surface area (Å²) in [5.74, 6) is -1.22. The second-order valence-corrected chi connectivity index (χ2v) is 5.78. The van der Waals surface area contributed by atoms with Gasteiger partial charge in [-0.1, -0.05) is 27.7 Å². The fourth-order valence-corrected chi connectivity index (χ4v) is 1.93. The first-order valence-corrected chi connectivity index (χ1v) is 6.15. The van der Waals surface area contributed by atoms with Gasteiger partial charge < -0.3 is 0 Å². The molecular weight excluding hydrogens is 248 g/mol. The number of halogens is 2. The van der Waals surface area contributed by atoms with Crippen LogP contribution in [0, 0.1) is 17.0 Å². The summed E-state index contributed by atoms with van der Waals surface area (Å²) in [5.41, 5.74) is 1.21. The molecule has 1 unspecified atom stereocenters. The average Bonchev–Trinajstić information content (AvgIpc) is 2.83. The first-order chi connectivity index (χ1) is 8.80.